The van der Waals surface area contributed by atoms with E-state index in [-0.39, 0.29) is 0 Å². The van der Waals surface area contributed by atoms with Gasteiger partial charge in [0.25, 0.3) is 0 Å². The summed E-state index contributed by atoms with van der Waals surface area (Å²) in [6, 6.07) is 127. The van der Waals surface area contributed by atoms with E-state index < -0.39 is 10.8 Å². The van der Waals surface area contributed by atoms with Crippen LogP contribution in [0.25, 0.3) is 94.3 Å². The highest BCUT2D eigenvalue weighted by Crippen LogP contribution is 2.64. The smallest absolute Gasteiger partial charge is 0.0726 e. The van der Waals surface area contributed by atoms with Crippen LogP contribution in [-0.4, -0.2) is 4.57 Å². The Morgan fingerprint density at radius 3 is 1.28 bits per heavy atom. The molecule has 0 bridgehead atoms. The summed E-state index contributed by atoms with van der Waals surface area (Å²) in [5, 5.41) is 2.47. The van der Waals surface area contributed by atoms with Crippen molar-refractivity contribution >= 4 is 38.9 Å². The van der Waals surface area contributed by atoms with Gasteiger partial charge in [0.1, 0.15) is 0 Å². The van der Waals surface area contributed by atoms with Crippen molar-refractivity contribution in [3.63, 3.8) is 0 Å². The summed E-state index contributed by atoms with van der Waals surface area (Å²) in [7, 11) is 0. The van der Waals surface area contributed by atoms with Crippen LogP contribution in [0.15, 0.2) is 340 Å². The number of nitrogens with zero attached hydrogens (tertiary/aromatic N) is 2. The number of fused-ring (bicyclic) bond motifs is 16. The standard InChI is InChI=1S/C86H56N2/c1-4-22-57(23-5-1)58-46-49-65(50-47-58)87(67-51-53-71-70-32-12-17-37-77(70)86(80(71)56-67)75-35-15-10-30-68(75)69-31-11-16-36-76(69)86)66-29-20-24-61(54-66)59-42-44-60(45-43-59)62-48-52-73-72-33-14-19-40-81(72)88(83(73)55-62)82-41-21-39-79-84(82)74-34-13-18-38-78(74)85(79,63-25-6-2-7-26-63)64-27-8-3-9-28-64/h1-56H. The van der Waals surface area contributed by atoms with Crippen LogP contribution in [0.1, 0.15) is 44.5 Å². The maximum atomic E-state index is 2.53. The molecule has 0 saturated heterocycles. The van der Waals surface area contributed by atoms with Gasteiger partial charge in [-0.3, -0.25) is 0 Å². The third kappa shape index (κ3) is 7.18. The van der Waals surface area contributed by atoms with E-state index in [1.807, 2.05) is 0 Å². The van der Waals surface area contributed by atoms with E-state index in [0.29, 0.717) is 0 Å². The molecule has 18 rings (SSSR count). The third-order valence-corrected chi connectivity index (χ3v) is 19.5. The Balaban J connectivity index is 0.754. The molecule has 1 aromatic heterocycles. The van der Waals surface area contributed by atoms with E-state index in [1.54, 1.807) is 0 Å². The van der Waals surface area contributed by atoms with Crippen molar-refractivity contribution in [3.8, 4) is 72.4 Å². The molecule has 0 radical (unpaired) electrons. The molecule has 410 valence electrons. The number of benzene rings is 14. The Kier molecular flexibility index (Phi) is 11.2. The van der Waals surface area contributed by atoms with Gasteiger partial charge in [-0.25, -0.2) is 0 Å². The van der Waals surface area contributed by atoms with Crippen LogP contribution in [0.2, 0.25) is 0 Å². The molecule has 14 aromatic carbocycles. The van der Waals surface area contributed by atoms with Crippen molar-refractivity contribution in [1.29, 1.82) is 0 Å². The van der Waals surface area contributed by atoms with Crippen LogP contribution in [0.5, 0.6) is 0 Å². The van der Waals surface area contributed by atoms with Crippen LogP contribution in [0.4, 0.5) is 17.1 Å². The second-order valence-electron chi connectivity index (χ2n) is 23.8. The van der Waals surface area contributed by atoms with Crippen LogP contribution < -0.4 is 4.90 Å². The molecule has 0 N–H and O–H groups in total. The van der Waals surface area contributed by atoms with E-state index in [9.17, 15) is 0 Å². The van der Waals surface area contributed by atoms with Crippen molar-refractivity contribution in [2.24, 2.45) is 0 Å². The highest BCUT2D eigenvalue weighted by atomic mass is 15.1. The molecule has 1 spiro atoms. The Hall–Kier alpha value is -11.3. The lowest BCUT2D eigenvalue weighted by molar-refractivity contribution is 0.768. The molecule has 0 unspecified atom stereocenters. The zero-order valence-electron chi connectivity index (χ0n) is 48.2. The number of hydrogen-bond donors (Lipinski definition) is 0. The summed E-state index contributed by atoms with van der Waals surface area (Å²) < 4.78 is 2.53. The molecule has 3 aliphatic carbocycles. The molecule has 0 amide bonds. The van der Waals surface area contributed by atoms with Crippen LogP contribution in [-0.2, 0) is 10.8 Å². The maximum Gasteiger partial charge on any atom is 0.0726 e. The summed E-state index contributed by atoms with van der Waals surface area (Å²) in [4.78, 5) is 2.45. The molecular weight excluding hydrogens is 1060 g/mol. The number of anilines is 3. The molecule has 0 fully saturated rings. The Bertz CT molecular complexity index is 5150. The maximum absolute atomic E-state index is 2.53. The van der Waals surface area contributed by atoms with Crippen molar-refractivity contribution < 1.29 is 0 Å². The van der Waals surface area contributed by atoms with Gasteiger partial charge in [-0.15, -0.1) is 0 Å². The van der Waals surface area contributed by atoms with Crippen molar-refractivity contribution in [2.75, 3.05) is 4.90 Å². The van der Waals surface area contributed by atoms with E-state index in [0.717, 1.165) is 33.8 Å². The minimum atomic E-state index is -0.504. The van der Waals surface area contributed by atoms with Gasteiger partial charge in [0.05, 0.1) is 27.6 Å². The van der Waals surface area contributed by atoms with E-state index in [2.05, 4.69) is 349 Å². The zero-order valence-corrected chi connectivity index (χ0v) is 48.2. The second-order valence-corrected chi connectivity index (χ2v) is 23.8. The Morgan fingerprint density at radius 2 is 0.648 bits per heavy atom. The molecule has 88 heavy (non-hydrogen) atoms. The molecule has 0 aliphatic heterocycles. The third-order valence-electron chi connectivity index (χ3n) is 19.5. The summed E-state index contributed by atoms with van der Waals surface area (Å²) >= 11 is 0. The van der Waals surface area contributed by atoms with E-state index in [4.69, 9.17) is 0 Å². The van der Waals surface area contributed by atoms with E-state index in [1.165, 1.54) is 122 Å². The van der Waals surface area contributed by atoms with Gasteiger partial charge in [-0.2, -0.15) is 0 Å². The normalized spacial score (nSPS) is 13.4. The summed E-state index contributed by atoms with van der Waals surface area (Å²) in [5.74, 6) is 0. The molecule has 0 saturated carbocycles. The van der Waals surface area contributed by atoms with Crippen molar-refractivity contribution in [2.45, 2.75) is 10.8 Å². The zero-order chi connectivity index (χ0) is 57.9. The fourth-order valence-electron chi connectivity index (χ4n) is 15.9. The first-order chi connectivity index (χ1) is 43.7. The van der Waals surface area contributed by atoms with E-state index >= 15 is 0 Å². The molecule has 2 heteroatoms. The molecule has 1 heterocycles. The summed E-state index contributed by atoms with van der Waals surface area (Å²) in [5.41, 5.74) is 31.0. The van der Waals surface area contributed by atoms with Gasteiger partial charge in [0, 0.05) is 33.4 Å². The lowest BCUT2D eigenvalue weighted by Crippen LogP contribution is -2.28. The Labute approximate surface area is 512 Å². The van der Waals surface area contributed by atoms with Gasteiger partial charge in [0.2, 0.25) is 0 Å². The SMILES string of the molecule is c1ccc(-c2ccc(N(c3cccc(-c4ccc(-c5ccc6c7ccccc7n(-c7cccc8c7-c7ccccc7C8(c7ccccc7)c7ccccc7)c6c5)cc4)c3)c3ccc4c(c3)C3(c5ccccc5-c5ccccc53)c3ccccc3-4)cc2)cc1. The fraction of sp³-hybridized carbons (Fsp3) is 0.0233. The predicted molar refractivity (Wildman–Crippen MR) is 365 cm³/mol. The van der Waals surface area contributed by atoms with Crippen molar-refractivity contribution in [3.05, 3.63) is 384 Å². The quantitative estimate of drug-likeness (QED) is 0.140. The fourth-order valence-corrected chi connectivity index (χ4v) is 15.9. The van der Waals surface area contributed by atoms with Crippen LogP contribution in [0, 0.1) is 0 Å². The molecule has 2 nitrogen and oxygen atoms in total. The minimum absolute atomic E-state index is 0.464. The highest BCUT2D eigenvalue weighted by molar-refractivity contribution is 6.11. The van der Waals surface area contributed by atoms with Gasteiger partial charge in [0.15, 0.2) is 0 Å². The average Bonchev–Trinajstić information content (AvgIpc) is 1.53. The monoisotopic (exact) mass is 1120 g/mol. The molecule has 15 aromatic rings. The van der Waals surface area contributed by atoms with Gasteiger partial charge < -0.3 is 9.47 Å². The largest absolute Gasteiger partial charge is 0.310 e. The van der Waals surface area contributed by atoms with Gasteiger partial charge in [-0.05, 0) is 160 Å². The topological polar surface area (TPSA) is 8.17 Å². The average molecular weight is 1120 g/mol. The van der Waals surface area contributed by atoms with Gasteiger partial charge in [-0.1, -0.05) is 285 Å². The van der Waals surface area contributed by atoms with Crippen LogP contribution >= 0.6 is 0 Å². The van der Waals surface area contributed by atoms with Crippen LogP contribution in [0.3, 0.4) is 0 Å². The van der Waals surface area contributed by atoms with Gasteiger partial charge >= 0.3 is 0 Å². The lowest BCUT2D eigenvalue weighted by atomic mass is 9.68. The second kappa shape index (κ2) is 19.6. The number of hydrogen-bond acceptors (Lipinski definition) is 1. The number of aromatic nitrogens is 1. The molecule has 0 atom stereocenters. The number of rotatable bonds is 9. The summed E-state index contributed by atoms with van der Waals surface area (Å²) in [6.45, 7) is 0. The Morgan fingerprint density at radius 1 is 0.227 bits per heavy atom. The first-order valence-corrected chi connectivity index (χ1v) is 30.6. The first kappa shape index (κ1) is 50.0. The number of para-hydroxylation sites is 1. The first-order valence-electron chi connectivity index (χ1n) is 30.6. The predicted octanol–water partition coefficient (Wildman–Crippen LogP) is 22.0. The molecule has 3 aliphatic rings. The lowest BCUT2D eigenvalue weighted by Gasteiger charge is -2.34. The highest BCUT2D eigenvalue weighted by Gasteiger charge is 2.52. The molecular formula is C86H56N2. The summed E-state index contributed by atoms with van der Waals surface area (Å²) in [6.07, 6.45) is 0. The minimum Gasteiger partial charge on any atom is -0.310 e. The van der Waals surface area contributed by atoms with Crippen molar-refractivity contribution in [1.82, 2.24) is 4.57 Å².